The molecule has 1 saturated heterocycles. The topological polar surface area (TPSA) is 51.1 Å². The van der Waals surface area contributed by atoms with E-state index in [1.165, 1.54) is 23.9 Å². The summed E-state index contributed by atoms with van der Waals surface area (Å²) in [6.45, 7) is 2.84. The zero-order chi connectivity index (χ0) is 25.7. The van der Waals surface area contributed by atoms with Crippen molar-refractivity contribution in [3.05, 3.63) is 92.0 Å². The molecular weight excluding hydrogens is 567 g/mol. The van der Waals surface area contributed by atoms with Crippen molar-refractivity contribution in [3.8, 4) is 11.5 Å². The molecule has 36 heavy (non-hydrogen) atoms. The number of rotatable bonds is 8. The van der Waals surface area contributed by atoms with E-state index < -0.39 is 0 Å². The Bertz CT molecular complexity index is 1310. The van der Waals surface area contributed by atoms with Crippen LogP contribution in [-0.4, -0.2) is 29.6 Å². The number of thioether (sulfide) groups is 1. The lowest BCUT2D eigenvalue weighted by Gasteiger charge is -2.14. The maximum atomic E-state index is 13.2. The highest BCUT2D eigenvalue weighted by Gasteiger charge is 2.33. The van der Waals surface area contributed by atoms with Gasteiger partial charge in [0.2, 0.25) is 0 Å². The van der Waals surface area contributed by atoms with Crippen LogP contribution in [0.4, 0.5) is 10.1 Å². The summed E-state index contributed by atoms with van der Waals surface area (Å²) < 4.78 is 25.4. The van der Waals surface area contributed by atoms with Crippen LogP contribution in [0.3, 0.4) is 0 Å². The van der Waals surface area contributed by atoms with E-state index in [2.05, 4.69) is 20.9 Å². The number of amides is 1. The minimum atomic E-state index is -0.297. The minimum Gasteiger partial charge on any atom is -0.493 e. The second-order valence-electron chi connectivity index (χ2n) is 7.88. The first-order chi connectivity index (χ1) is 17.4. The molecule has 0 aromatic heterocycles. The molecule has 0 saturated carbocycles. The molecule has 5 nitrogen and oxygen atoms in total. The van der Waals surface area contributed by atoms with Gasteiger partial charge >= 0.3 is 0 Å². The van der Waals surface area contributed by atoms with Gasteiger partial charge in [0.15, 0.2) is 16.7 Å². The molecule has 186 valence electrons. The summed E-state index contributed by atoms with van der Waals surface area (Å²) in [4.78, 5) is 20.1. The third-order valence-electron chi connectivity index (χ3n) is 5.26. The summed E-state index contributed by atoms with van der Waals surface area (Å²) in [5, 5.41) is 1.25. The first kappa shape index (κ1) is 26.3. The predicted octanol–water partition coefficient (Wildman–Crippen LogP) is 7.84. The van der Waals surface area contributed by atoms with Crippen molar-refractivity contribution in [2.75, 3.05) is 13.7 Å². The highest BCUT2D eigenvalue weighted by atomic mass is 79.9. The molecule has 0 radical (unpaired) electrons. The number of hydrogen-bond acceptors (Lipinski definition) is 5. The molecule has 0 bridgehead atoms. The maximum absolute atomic E-state index is 13.2. The van der Waals surface area contributed by atoms with E-state index >= 15 is 0 Å². The Hall–Kier alpha value is -2.81. The SMILES string of the molecule is CCCN1C(=O)/C(=C/c2cc(OC)c(OCc3ccc(F)cc3)cc2Br)SC1=Nc1ccc(Cl)cc1. The van der Waals surface area contributed by atoms with E-state index in [-0.39, 0.29) is 18.3 Å². The van der Waals surface area contributed by atoms with E-state index in [9.17, 15) is 9.18 Å². The van der Waals surface area contributed by atoms with Gasteiger partial charge in [-0.05, 0) is 83.9 Å². The number of halogens is 3. The van der Waals surface area contributed by atoms with Crippen LogP contribution >= 0.6 is 39.3 Å². The molecular formula is C27H23BrClFN2O3S. The number of amidine groups is 1. The summed E-state index contributed by atoms with van der Waals surface area (Å²) in [6, 6.07) is 16.9. The van der Waals surface area contributed by atoms with Gasteiger partial charge in [-0.2, -0.15) is 0 Å². The fraction of sp³-hybridized carbons (Fsp3) is 0.185. The third kappa shape index (κ3) is 6.30. The lowest BCUT2D eigenvalue weighted by molar-refractivity contribution is -0.122. The average Bonchev–Trinajstić information content (AvgIpc) is 3.15. The van der Waals surface area contributed by atoms with Gasteiger partial charge in [-0.25, -0.2) is 9.38 Å². The summed E-state index contributed by atoms with van der Waals surface area (Å²) in [7, 11) is 1.56. The highest BCUT2D eigenvalue weighted by molar-refractivity contribution is 9.10. The maximum Gasteiger partial charge on any atom is 0.266 e. The van der Waals surface area contributed by atoms with Crippen LogP contribution in [0.5, 0.6) is 11.5 Å². The van der Waals surface area contributed by atoms with Crippen molar-refractivity contribution >= 4 is 62.1 Å². The third-order valence-corrected chi connectivity index (χ3v) is 7.21. The van der Waals surface area contributed by atoms with Gasteiger partial charge in [0.25, 0.3) is 5.91 Å². The Kier molecular flexibility index (Phi) is 8.72. The zero-order valence-corrected chi connectivity index (χ0v) is 22.8. The summed E-state index contributed by atoms with van der Waals surface area (Å²) in [5.41, 5.74) is 2.32. The molecule has 0 N–H and O–H groups in total. The number of aliphatic imine (C=N–C) groups is 1. The average molecular weight is 590 g/mol. The zero-order valence-electron chi connectivity index (χ0n) is 19.6. The second-order valence-corrected chi connectivity index (χ2v) is 10.2. The number of carbonyl (C=O) groups excluding carboxylic acids is 1. The molecule has 0 unspecified atom stereocenters. The molecule has 1 aliphatic rings. The van der Waals surface area contributed by atoms with Crippen molar-refractivity contribution in [1.82, 2.24) is 4.90 Å². The van der Waals surface area contributed by atoms with Crippen LogP contribution in [0.25, 0.3) is 6.08 Å². The molecule has 0 aliphatic carbocycles. The molecule has 0 atom stereocenters. The number of methoxy groups -OCH3 is 1. The normalized spacial score (nSPS) is 15.7. The molecule has 3 aromatic carbocycles. The Balaban J connectivity index is 1.59. The molecule has 0 spiro atoms. The van der Waals surface area contributed by atoms with Crippen molar-refractivity contribution in [2.24, 2.45) is 4.99 Å². The molecule has 1 fully saturated rings. The summed E-state index contributed by atoms with van der Waals surface area (Å²) >= 11 is 10.9. The van der Waals surface area contributed by atoms with Crippen molar-refractivity contribution in [1.29, 1.82) is 0 Å². The smallest absolute Gasteiger partial charge is 0.266 e. The molecule has 4 rings (SSSR count). The van der Waals surface area contributed by atoms with Crippen molar-refractivity contribution < 1.29 is 18.7 Å². The Morgan fingerprint density at radius 3 is 2.50 bits per heavy atom. The van der Waals surface area contributed by atoms with Gasteiger partial charge < -0.3 is 9.47 Å². The quantitative estimate of drug-likeness (QED) is 0.251. The van der Waals surface area contributed by atoms with E-state index in [1.54, 1.807) is 42.3 Å². The molecule has 9 heteroatoms. The Labute approximate surface area is 227 Å². The van der Waals surface area contributed by atoms with E-state index in [0.717, 1.165) is 27.7 Å². The first-order valence-electron chi connectivity index (χ1n) is 11.2. The number of benzene rings is 3. The van der Waals surface area contributed by atoms with Gasteiger partial charge in [-0.1, -0.05) is 46.6 Å². The monoisotopic (exact) mass is 588 g/mol. The van der Waals surface area contributed by atoms with Crippen LogP contribution in [0.15, 0.2) is 75.0 Å². The fourth-order valence-corrected chi connectivity index (χ4v) is 5.03. The van der Waals surface area contributed by atoms with Gasteiger partial charge in [-0.15, -0.1) is 0 Å². The lowest BCUT2D eigenvalue weighted by Crippen LogP contribution is -2.29. The van der Waals surface area contributed by atoms with E-state index in [0.29, 0.717) is 33.1 Å². The Morgan fingerprint density at radius 2 is 1.83 bits per heavy atom. The largest absolute Gasteiger partial charge is 0.493 e. The molecule has 1 aliphatic heterocycles. The van der Waals surface area contributed by atoms with Gasteiger partial charge in [0, 0.05) is 16.0 Å². The van der Waals surface area contributed by atoms with Crippen LogP contribution in [0.2, 0.25) is 5.02 Å². The van der Waals surface area contributed by atoms with Crippen molar-refractivity contribution in [2.45, 2.75) is 20.0 Å². The summed E-state index contributed by atoms with van der Waals surface area (Å²) in [5.74, 6) is 0.647. The lowest BCUT2D eigenvalue weighted by atomic mass is 10.1. The van der Waals surface area contributed by atoms with Crippen LogP contribution in [0, 0.1) is 5.82 Å². The standard InChI is InChI=1S/C27H23BrClFN2O3S/c1-3-12-32-26(33)25(36-27(32)31-21-10-6-19(29)7-11-21)14-18-13-23(34-2)24(15-22(18)28)35-16-17-4-8-20(30)9-5-17/h4-11,13-15H,3,12,16H2,1-2H3/b25-14-,31-27?. The van der Waals surface area contributed by atoms with Gasteiger partial charge in [-0.3, -0.25) is 9.69 Å². The van der Waals surface area contributed by atoms with Crippen LogP contribution in [0.1, 0.15) is 24.5 Å². The summed E-state index contributed by atoms with van der Waals surface area (Å²) in [6.07, 6.45) is 2.62. The molecule has 3 aromatic rings. The minimum absolute atomic E-state index is 0.0999. The number of ether oxygens (including phenoxy) is 2. The van der Waals surface area contributed by atoms with Crippen molar-refractivity contribution in [3.63, 3.8) is 0 Å². The second kappa shape index (κ2) is 12.0. The first-order valence-corrected chi connectivity index (χ1v) is 13.2. The highest BCUT2D eigenvalue weighted by Crippen LogP contribution is 2.39. The van der Waals surface area contributed by atoms with Crippen LogP contribution < -0.4 is 9.47 Å². The number of hydrogen-bond donors (Lipinski definition) is 0. The fourth-order valence-electron chi connectivity index (χ4n) is 3.45. The molecule has 1 heterocycles. The van der Waals surface area contributed by atoms with E-state index in [1.807, 2.05) is 31.2 Å². The number of nitrogens with zero attached hydrogens (tertiary/aromatic N) is 2. The van der Waals surface area contributed by atoms with Gasteiger partial charge in [0.1, 0.15) is 12.4 Å². The van der Waals surface area contributed by atoms with E-state index in [4.69, 9.17) is 21.1 Å². The Morgan fingerprint density at radius 1 is 1.11 bits per heavy atom. The van der Waals surface area contributed by atoms with Crippen LogP contribution in [-0.2, 0) is 11.4 Å². The molecule has 1 amide bonds. The number of carbonyl (C=O) groups is 1. The predicted molar refractivity (Wildman–Crippen MR) is 148 cm³/mol. The van der Waals surface area contributed by atoms with Gasteiger partial charge in [0.05, 0.1) is 17.7 Å².